The summed E-state index contributed by atoms with van der Waals surface area (Å²) in [6.07, 6.45) is 13.6. The highest BCUT2D eigenvalue weighted by molar-refractivity contribution is 7.17. The fourth-order valence-electron chi connectivity index (χ4n) is 3.48. The molecule has 28 heavy (non-hydrogen) atoms. The smallest absolute Gasteiger partial charge is 0.261 e. The van der Waals surface area contributed by atoms with Crippen molar-refractivity contribution in [2.24, 2.45) is 5.92 Å². The quantitative estimate of drug-likeness (QED) is 0.540. The molecule has 0 unspecified atom stereocenters. The second-order valence-corrected chi connectivity index (χ2v) is 8.41. The summed E-state index contributed by atoms with van der Waals surface area (Å²) >= 11 is 1.50. The zero-order valence-electron chi connectivity index (χ0n) is 15.4. The fourth-order valence-corrected chi connectivity index (χ4v) is 4.37. The van der Waals surface area contributed by atoms with Gasteiger partial charge in [-0.25, -0.2) is 4.98 Å². The zero-order valence-corrected chi connectivity index (χ0v) is 16.2. The van der Waals surface area contributed by atoms with E-state index >= 15 is 0 Å². The lowest BCUT2D eigenvalue weighted by atomic mass is 9.85. The molecule has 0 aromatic carbocycles. The number of thiophene rings is 1. The number of fused-ring (bicyclic) bond motifs is 1. The number of nitrogens with one attached hydrogen (secondary N) is 1. The van der Waals surface area contributed by atoms with Crippen molar-refractivity contribution >= 4 is 22.9 Å². The van der Waals surface area contributed by atoms with E-state index in [4.69, 9.17) is 0 Å². The molecule has 0 spiro atoms. The minimum Gasteiger partial charge on any atom is -0.347 e. The van der Waals surface area contributed by atoms with Gasteiger partial charge in [0.1, 0.15) is 5.65 Å². The van der Waals surface area contributed by atoms with Crippen molar-refractivity contribution in [1.82, 2.24) is 24.5 Å². The van der Waals surface area contributed by atoms with E-state index in [1.165, 1.54) is 30.6 Å². The van der Waals surface area contributed by atoms with Crippen LogP contribution >= 0.6 is 11.3 Å². The van der Waals surface area contributed by atoms with Crippen molar-refractivity contribution in [3.05, 3.63) is 65.7 Å². The maximum atomic E-state index is 12.5. The molecule has 0 bridgehead atoms. The van der Waals surface area contributed by atoms with Gasteiger partial charge in [-0.3, -0.25) is 9.48 Å². The first kappa shape index (κ1) is 17.2. The van der Waals surface area contributed by atoms with Gasteiger partial charge in [0.25, 0.3) is 5.91 Å². The molecular formula is C21H21N5OS. The Morgan fingerprint density at radius 3 is 3.04 bits per heavy atom. The van der Waals surface area contributed by atoms with Gasteiger partial charge < -0.3 is 9.72 Å². The van der Waals surface area contributed by atoms with E-state index in [0.717, 1.165) is 34.1 Å². The standard InChI is InChI=1S/C21H21N5OS/c27-21(23-11-16-6-8-25-9-7-22-20(25)10-16)19-5-4-18(28-19)17-12-24-26(14-17)13-15-2-1-3-15/h4-10,12,14-15H,1-3,11,13H2,(H,23,27). The summed E-state index contributed by atoms with van der Waals surface area (Å²) in [5.74, 6) is 0.722. The number of pyridine rings is 1. The second-order valence-electron chi connectivity index (χ2n) is 7.32. The van der Waals surface area contributed by atoms with E-state index < -0.39 is 0 Å². The number of hydrogen-bond donors (Lipinski definition) is 1. The SMILES string of the molecule is O=C(NCc1ccn2ccnc2c1)c1ccc(-c2cnn(CC3CCC3)c2)s1. The third kappa shape index (κ3) is 3.45. The third-order valence-electron chi connectivity index (χ3n) is 5.33. The third-order valence-corrected chi connectivity index (χ3v) is 6.47. The summed E-state index contributed by atoms with van der Waals surface area (Å²) in [5.41, 5.74) is 2.98. The molecule has 1 aliphatic carbocycles. The maximum Gasteiger partial charge on any atom is 0.261 e. The molecule has 0 radical (unpaired) electrons. The molecule has 1 amide bonds. The van der Waals surface area contributed by atoms with Crippen LogP contribution in [0.25, 0.3) is 16.1 Å². The molecule has 1 aliphatic rings. The number of nitrogens with zero attached hydrogens (tertiary/aromatic N) is 4. The lowest BCUT2D eigenvalue weighted by molar-refractivity contribution is 0.0955. The number of carbonyl (C=O) groups is 1. The summed E-state index contributed by atoms with van der Waals surface area (Å²) in [7, 11) is 0. The molecule has 4 heterocycles. The van der Waals surface area contributed by atoms with Crippen LogP contribution in [-0.4, -0.2) is 25.1 Å². The van der Waals surface area contributed by atoms with Crippen molar-refractivity contribution in [3.8, 4) is 10.4 Å². The Morgan fingerprint density at radius 2 is 2.18 bits per heavy atom. The number of hydrogen-bond acceptors (Lipinski definition) is 4. The van der Waals surface area contributed by atoms with E-state index in [0.29, 0.717) is 11.4 Å². The Balaban J connectivity index is 1.23. The van der Waals surface area contributed by atoms with Crippen LogP contribution in [0.15, 0.2) is 55.2 Å². The van der Waals surface area contributed by atoms with Gasteiger partial charge in [-0.15, -0.1) is 11.3 Å². The molecule has 1 fully saturated rings. The summed E-state index contributed by atoms with van der Waals surface area (Å²) < 4.78 is 3.98. The van der Waals surface area contributed by atoms with Crippen molar-refractivity contribution in [2.75, 3.05) is 0 Å². The Bertz CT molecular complexity index is 1120. The summed E-state index contributed by atoms with van der Waals surface area (Å²) in [5, 5.41) is 7.48. The monoisotopic (exact) mass is 391 g/mol. The topological polar surface area (TPSA) is 64.2 Å². The predicted molar refractivity (Wildman–Crippen MR) is 109 cm³/mol. The maximum absolute atomic E-state index is 12.5. The lowest BCUT2D eigenvalue weighted by Crippen LogP contribution is -2.21. The van der Waals surface area contributed by atoms with Crippen LogP contribution in [0.2, 0.25) is 0 Å². The van der Waals surface area contributed by atoms with Gasteiger partial charge in [-0.1, -0.05) is 6.42 Å². The van der Waals surface area contributed by atoms with Crippen LogP contribution in [0.1, 0.15) is 34.5 Å². The fraction of sp³-hybridized carbons (Fsp3) is 0.286. The summed E-state index contributed by atoms with van der Waals surface area (Å²) in [6.45, 7) is 1.48. The molecule has 5 rings (SSSR count). The van der Waals surface area contributed by atoms with Crippen LogP contribution in [-0.2, 0) is 13.1 Å². The average molecular weight is 392 g/mol. The highest BCUT2D eigenvalue weighted by Gasteiger charge is 2.18. The van der Waals surface area contributed by atoms with E-state index in [-0.39, 0.29) is 5.91 Å². The van der Waals surface area contributed by atoms with Crippen molar-refractivity contribution in [1.29, 1.82) is 0 Å². The molecule has 4 aromatic heterocycles. The van der Waals surface area contributed by atoms with Crippen LogP contribution < -0.4 is 5.32 Å². The van der Waals surface area contributed by atoms with Crippen LogP contribution in [0, 0.1) is 5.92 Å². The molecule has 0 saturated heterocycles. The van der Waals surface area contributed by atoms with Crippen LogP contribution in [0.4, 0.5) is 0 Å². The Labute approximate surface area is 166 Å². The van der Waals surface area contributed by atoms with E-state index in [1.807, 2.05) is 51.9 Å². The first-order chi connectivity index (χ1) is 13.7. The number of amides is 1. The number of carbonyl (C=O) groups excluding carboxylic acids is 1. The molecule has 142 valence electrons. The Morgan fingerprint density at radius 1 is 1.25 bits per heavy atom. The minimum atomic E-state index is -0.0543. The Kier molecular flexibility index (Phi) is 4.44. The normalized spacial score (nSPS) is 14.3. The average Bonchev–Trinajstić information content (AvgIpc) is 3.42. The zero-order chi connectivity index (χ0) is 18.9. The van der Waals surface area contributed by atoms with Crippen molar-refractivity contribution in [2.45, 2.75) is 32.4 Å². The van der Waals surface area contributed by atoms with Gasteiger partial charge in [-0.2, -0.15) is 5.10 Å². The van der Waals surface area contributed by atoms with Gasteiger partial charge >= 0.3 is 0 Å². The molecule has 4 aromatic rings. The molecule has 0 aliphatic heterocycles. The van der Waals surface area contributed by atoms with Crippen LogP contribution in [0.3, 0.4) is 0 Å². The second kappa shape index (κ2) is 7.24. The predicted octanol–water partition coefficient (Wildman–Crippen LogP) is 3.99. The van der Waals surface area contributed by atoms with Gasteiger partial charge in [0.05, 0.1) is 11.1 Å². The molecular weight excluding hydrogens is 370 g/mol. The van der Waals surface area contributed by atoms with Gasteiger partial charge in [-0.05, 0) is 48.6 Å². The van der Waals surface area contributed by atoms with Gasteiger partial charge in [0.2, 0.25) is 0 Å². The number of aromatic nitrogens is 4. The minimum absolute atomic E-state index is 0.0543. The first-order valence-electron chi connectivity index (χ1n) is 9.57. The largest absolute Gasteiger partial charge is 0.347 e. The number of imidazole rings is 1. The Hall–Kier alpha value is -2.93. The van der Waals surface area contributed by atoms with E-state index in [1.54, 1.807) is 6.20 Å². The van der Waals surface area contributed by atoms with Gasteiger partial charge in [0, 0.05) is 48.3 Å². The van der Waals surface area contributed by atoms with Crippen LogP contribution in [0.5, 0.6) is 0 Å². The van der Waals surface area contributed by atoms with Crippen molar-refractivity contribution in [3.63, 3.8) is 0 Å². The summed E-state index contributed by atoms with van der Waals surface area (Å²) in [6, 6.07) is 7.86. The van der Waals surface area contributed by atoms with Crippen molar-refractivity contribution < 1.29 is 4.79 Å². The molecule has 6 nitrogen and oxygen atoms in total. The first-order valence-corrected chi connectivity index (χ1v) is 10.4. The highest BCUT2D eigenvalue weighted by atomic mass is 32.1. The highest BCUT2D eigenvalue weighted by Crippen LogP contribution is 2.30. The van der Waals surface area contributed by atoms with E-state index in [9.17, 15) is 4.79 Å². The molecule has 1 N–H and O–H groups in total. The van der Waals surface area contributed by atoms with E-state index in [2.05, 4.69) is 21.6 Å². The molecule has 0 atom stereocenters. The molecule has 7 heteroatoms. The number of rotatable bonds is 6. The van der Waals surface area contributed by atoms with Gasteiger partial charge in [0.15, 0.2) is 0 Å². The summed E-state index contributed by atoms with van der Waals surface area (Å²) in [4.78, 5) is 18.6. The lowest BCUT2D eigenvalue weighted by Gasteiger charge is -2.24. The molecule has 1 saturated carbocycles.